The standard InChI is InChI=1S/C17H18O3S/c1-3-10-20-16(18)12(2)21-17(19)15-9-8-13-6-4-5-7-14(13)11-15/h4-9,11-12H,3,10H2,1-2H3. The molecule has 1 unspecified atom stereocenters. The number of benzene rings is 2. The van der Waals surface area contributed by atoms with Crippen LogP contribution in [-0.2, 0) is 9.53 Å². The van der Waals surface area contributed by atoms with Crippen LogP contribution in [0.1, 0.15) is 30.6 Å². The van der Waals surface area contributed by atoms with Gasteiger partial charge < -0.3 is 4.74 Å². The first-order valence-electron chi connectivity index (χ1n) is 6.98. The van der Waals surface area contributed by atoms with Gasteiger partial charge in [0.2, 0.25) is 5.12 Å². The maximum Gasteiger partial charge on any atom is 0.319 e. The molecule has 0 aromatic heterocycles. The summed E-state index contributed by atoms with van der Waals surface area (Å²) < 4.78 is 5.05. The van der Waals surface area contributed by atoms with Crippen molar-refractivity contribution in [1.82, 2.24) is 0 Å². The van der Waals surface area contributed by atoms with Crippen molar-refractivity contribution in [2.45, 2.75) is 25.5 Å². The maximum absolute atomic E-state index is 12.2. The molecule has 110 valence electrons. The Balaban J connectivity index is 2.06. The zero-order valence-corrected chi connectivity index (χ0v) is 13.0. The van der Waals surface area contributed by atoms with Crippen molar-refractivity contribution in [2.75, 3.05) is 6.61 Å². The monoisotopic (exact) mass is 302 g/mol. The van der Waals surface area contributed by atoms with E-state index in [0.29, 0.717) is 12.2 Å². The van der Waals surface area contributed by atoms with Gasteiger partial charge in [-0.2, -0.15) is 0 Å². The maximum atomic E-state index is 12.2. The highest BCUT2D eigenvalue weighted by molar-refractivity contribution is 8.15. The molecule has 0 saturated carbocycles. The van der Waals surface area contributed by atoms with Gasteiger partial charge in [-0.05, 0) is 36.2 Å². The van der Waals surface area contributed by atoms with Gasteiger partial charge in [-0.15, -0.1) is 0 Å². The van der Waals surface area contributed by atoms with Crippen molar-refractivity contribution >= 4 is 33.6 Å². The topological polar surface area (TPSA) is 43.4 Å². The van der Waals surface area contributed by atoms with E-state index in [1.54, 1.807) is 13.0 Å². The molecule has 0 amide bonds. The van der Waals surface area contributed by atoms with Gasteiger partial charge in [0.25, 0.3) is 0 Å². The largest absolute Gasteiger partial charge is 0.465 e. The minimum absolute atomic E-state index is 0.110. The Hall–Kier alpha value is -1.81. The molecule has 0 heterocycles. The van der Waals surface area contributed by atoms with Crippen molar-refractivity contribution in [2.24, 2.45) is 0 Å². The van der Waals surface area contributed by atoms with Crippen LogP contribution >= 0.6 is 11.8 Å². The lowest BCUT2D eigenvalue weighted by Crippen LogP contribution is -2.19. The smallest absolute Gasteiger partial charge is 0.319 e. The molecular weight excluding hydrogens is 284 g/mol. The quantitative estimate of drug-likeness (QED) is 0.781. The van der Waals surface area contributed by atoms with Crippen LogP contribution in [-0.4, -0.2) is 22.9 Å². The predicted octanol–water partition coefficient (Wildman–Crippen LogP) is 4.05. The van der Waals surface area contributed by atoms with E-state index >= 15 is 0 Å². The number of carbonyl (C=O) groups excluding carboxylic acids is 2. The summed E-state index contributed by atoms with van der Waals surface area (Å²) in [5, 5.41) is 1.51. The molecule has 3 nitrogen and oxygen atoms in total. The van der Waals surface area contributed by atoms with Gasteiger partial charge in [-0.3, -0.25) is 9.59 Å². The molecule has 21 heavy (non-hydrogen) atoms. The van der Waals surface area contributed by atoms with E-state index in [1.807, 2.05) is 43.3 Å². The van der Waals surface area contributed by atoms with E-state index < -0.39 is 5.25 Å². The molecule has 0 spiro atoms. The second-order valence-corrected chi connectivity index (χ2v) is 6.09. The number of ether oxygens (including phenoxy) is 1. The average Bonchev–Trinajstić information content (AvgIpc) is 2.51. The van der Waals surface area contributed by atoms with Gasteiger partial charge in [0, 0.05) is 5.56 Å². The zero-order valence-electron chi connectivity index (χ0n) is 12.2. The lowest BCUT2D eigenvalue weighted by atomic mass is 10.1. The molecule has 0 aliphatic carbocycles. The normalized spacial score (nSPS) is 12.1. The molecule has 0 N–H and O–H groups in total. The molecule has 0 aliphatic heterocycles. The summed E-state index contributed by atoms with van der Waals surface area (Å²) in [6.45, 7) is 4.03. The molecule has 2 aromatic rings. The van der Waals surface area contributed by atoms with Crippen LogP contribution in [0.4, 0.5) is 0 Å². The summed E-state index contributed by atoms with van der Waals surface area (Å²) in [5.74, 6) is -0.337. The van der Waals surface area contributed by atoms with Gasteiger partial charge in [-0.25, -0.2) is 0 Å². The molecule has 0 bridgehead atoms. The van der Waals surface area contributed by atoms with Crippen LogP contribution in [0.15, 0.2) is 42.5 Å². The number of hydrogen-bond acceptors (Lipinski definition) is 4. The van der Waals surface area contributed by atoms with Crippen LogP contribution in [0.3, 0.4) is 0 Å². The minimum Gasteiger partial charge on any atom is -0.465 e. The average molecular weight is 302 g/mol. The SMILES string of the molecule is CCCOC(=O)C(C)SC(=O)c1ccc2ccccc2c1. The molecule has 4 heteroatoms. The second-order valence-electron chi connectivity index (χ2n) is 4.78. The lowest BCUT2D eigenvalue weighted by Gasteiger charge is -2.10. The zero-order chi connectivity index (χ0) is 15.2. The van der Waals surface area contributed by atoms with Crippen molar-refractivity contribution in [3.63, 3.8) is 0 Å². The Morgan fingerprint density at radius 2 is 1.86 bits per heavy atom. The summed E-state index contributed by atoms with van der Waals surface area (Å²) in [4.78, 5) is 23.9. The van der Waals surface area contributed by atoms with E-state index in [-0.39, 0.29) is 11.1 Å². The van der Waals surface area contributed by atoms with E-state index in [4.69, 9.17) is 4.74 Å². The molecule has 0 aliphatic rings. The van der Waals surface area contributed by atoms with E-state index in [2.05, 4.69) is 0 Å². The second kappa shape index (κ2) is 7.27. The summed E-state index contributed by atoms with van der Waals surface area (Å²) >= 11 is 1.01. The highest BCUT2D eigenvalue weighted by atomic mass is 32.2. The number of esters is 1. The van der Waals surface area contributed by atoms with Crippen LogP contribution in [0.25, 0.3) is 10.8 Å². The first-order chi connectivity index (χ1) is 10.1. The van der Waals surface area contributed by atoms with Gasteiger partial charge in [0.05, 0.1) is 6.61 Å². The number of fused-ring (bicyclic) bond motifs is 1. The van der Waals surface area contributed by atoms with Crippen molar-refractivity contribution < 1.29 is 14.3 Å². The molecule has 2 aromatic carbocycles. The highest BCUT2D eigenvalue weighted by Gasteiger charge is 2.20. The fourth-order valence-electron chi connectivity index (χ4n) is 1.91. The molecular formula is C17H18O3S. The van der Waals surface area contributed by atoms with Gasteiger partial charge in [0.1, 0.15) is 5.25 Å². The number of rotatable bonds is 5. The van der Waals surface area contributed by atoms with Gasteiger partial charge in [-0.1, -0.05) is 49.0 Å². The molecule has 0 radical (unpaired) electrons. The van der Waals surface area contributed by atoms with E-state index in [9.17, 15) is 9.59 Å². The first kappa shape index (κ1) is 15.6. The molecule has 0 saturated heterocycles. The van der Waals surface area contributed by atoms with Crippen LogP contribution < -0.4 is 0 Å². The van der Waals surface area contributed by atoms with Gasteiger partial charge >= 0.3 is 5.97 Å². The fraction of sp³-hybridized carbons (Fsp3) is 0.294. The summed E-state index contributed by atoms with van der Waals surface area (Å²) in [6.07, 6.45) is 0.780. The Morgan fingerprint density at radius 3 is 2.57 bits per heavy atom. The summed E-state index contributed by atoms with van der Waals surface area (Å²) in [7, 11) is 0. The lowest BCUT2D eigenvalue weighted by molar-refractivity contribution is -0.142. The Morgan fingerprint density at radius 1 is 1.14 bits per heavy atom. The Bertz CT molecular complexity index is 651. The molecule has 2 rings (SSSR count). The van der Waals surface area contributed by atoms with Crippen molar-refractivity contribution in [3.05, 3.63) is 48.0 Å². The summed E-state index contributed by atoms with van der Waals surface area (Å²) in [6, 6.07) is 13.4. The van der Waals surface area contributed by atoms with Crippen LogP contribution in [0, 0.1) is 0 Å². The fourth-order valence-corrected chi connectivity index (χ4v) is 2.66. The third kappa shape index (κ3) is 4.08. The van der Waals surface area contributed by atoms with E-state index in [0.717, 1.165) is 29.0 Å². The van der Waals surface area contributed by atoms with Crippen LogP contribution in [0.5, 0.6) is 0 Å². The third-order valence-corrected chi connectivity index (χ3v) is 4.05. The Labute approximate surface area is 128 Å². The molecule has 1 atom stereocenters. The number of hydrogen-bond donors (Lipinski definition) is 0. The van der Waals surface area contributed by atoms with Crippen molar-refractivity contribution in [1.29, 1.82) is 0 Å². The van der Waals surface area contributed by atoms with Gasteiger partial charge in [0.15, 0.2) is 0 Å². The number of carbonyl (C=O) groups is 2. The van der Waals surface area contributed by atoms with E-state index in [1.165, 1.54) is 0 Å². The first-order valence-corrected chi connectivity index (χ1v) is 7.86. The van der Waals surface area contributed by atoms with Crippen molar-refractivity contribution in [3.8, 4) is 0 Å². The molecule has 0 fully saturated rings. The minimum atomic E-state index is -0.490. The number of thioether (sulfide) groups is 1. The summed E-state index contributed by atoms with van der Waals surface area (Å²) in [5.41, 5.74) is 0.605. The van der Waals surface area contributed by atoms with Crippen LogP contribution in [0.2, 0.25) is 0 Å². The third-order valence-electron chi connectivity index (χ3n) is 3.05. The highest BCUT2D eigenvalue weighted by Crippen LogP contribution is 2.22. The predicted molar refractivity (Wildman–Crippen MR) is 86.6 cm³/mol. The Kier molecular flexibility index (Phi) is 5.39.